The molecule has 0 aromatic carbocycles. The predicted molar refractivity (Wildman–Crippen MR) is 91.1 cm³/mol. The van der Waals surface area contributed by atoms with Gasteiger partial charge in [-0.3, -0.25) is 5.32 Å². The maximum atomic E-state index is 11.4. The number of hydrogen-bond acceptors (Lipinski definition) is 5. The van der Waals surface area contributed by atoms with Crippen molar-refractivity contribution in [3.63, 3.8) is 0 Å². The van der Waals surface area contributed by atoms with Gasteiger partial charge in [0, 0.05) is 12.9 Å². The van der Waals surface area contributed by atoms with Gasteiger partial charge in [0.15, 0.2) is 0 Å². The Morgan fingerprint density at radius 2 is 2.25 bits per heavy atom. The SMILES string of the molecule is C/C=C\C(=C/C)NC(=O)OCC1CSC(=S)O1.CCC.[HH]. The average Bonchev–Trinajstić information content (AvgIpc) is 2.82. The van der Waals surface area contributed by atoms with Crippen molar-refractivity contribution >= 4 is 34.5 Å². The van der Waals surface area contributed by atoms with Gasteiger partial charge >= 0.3 is 6.09 Å². The van der Waals surface area contributed by atoms with Crippen molar-refractivity contribution in [2.24, 2.45) is 0 Å². The summed E-state index contributed by atoms with van der Waals surface area (Å²) in [6.45, 7) is 8.18. The van der Waals surface area contributed by atoms with Crippen LogP contribution in [0, 0.1) is 0 Å². The molecule has 0 spiro atoms. The molecule has 1 aliphatic rings. The fourth-order valence-electron chi connectivity index (χ4n) is 1.16. The first-order chi connectivity index (χ1) is 9.57. The van der Waals surface area contributed by atoms with Crippen molar-refractivity contribution < 1.29 is 15.7 Å². The largest absolute Gasteiger partial charge is 0.471 e. The molecule has 4 nitrogen and oxygen atoms in total. The number of thioether (sulfide) groups is 1. The molecule has 1 rings (SSSR count). The predicted octanol–water partition coefficient (Wildman–Crippen LogP) is 4.27. The molecule has 1 fully saturated rings. The average molecular weight is 319 g/mol. The minimum absolute atomic E-state index is 0. The molecule has 1 amide bonds. The van der Waals surface area contributed by atoms with Crippen LogP contribution in [0.1, 0.15) is 35.5 Å². The van der Waals surface area contributed by atoms with Gasteiger partial charge in [0.1, 0.15) is 12.7 Å². The van der Waals surface area contributed by atoms with Crippen LogP contribution >= 0.6 is 24.0 Å². The van der Waals surface area contributed by atoms with Crippen LogP contribution in [0.15, 0.2) is 23.9 Å². The van der Waals surface area contributed by atoms with Gasteiger partial charge in [0.2, 0.25) is 4.38 Å². The standard InChI is InChI=1S/C11H15NO3S2.C3H8.H2/c1-3-5-8(4-2)12-10(13)14-6-9-7-17-11(16)15-9;1-3-2;/h3-5,9H,6-7H2,1-2H3,(H,12,13);3H2,1-2H3;1H/b5-3-,8-4+;;. The van der Waals surface area contributed by atoms with Crippen molar-refractivity contribution in [2.45, 2.75) is 40.2 Å². The third kappa shape index (κ3) is 8.98. The first-order valence-corrected chi connectivity index (χ1v) is 8.02. The van der Waals surface area contributed by atoms with Gasteiger partial charge < -0.3 is 9.47 Å². The second kappa shape index (κ2) is 11.8. The molecule has 0 aromatic heterocycles. The molecule has 0 bridgehead atoms. The van der Waals surface area contributed by atoms with Gasteiger partial charge in [-0.2, -0.15) is 0 Å². The fraction of sp³-hybridized carbons (Fsp3) is 0.571. The highest BCUT2D eigenvalue weighted by Gasteiger charge is 2.22. The van der Waals surface area contributed by atoms with E-state index in [1.807, 2.05) is 19.9 Å². The molecule has 1 aliphatic heterocycles. The molecule has 1 atom stereocenters. The summed E-state index contributed by atoms with van der Waals surface area (Å²) in [4.78, 5) is 11.4. The Kier molecular flexibility index (Phi) is 11.2. The van der Waals surface area contributed by atoms with Crippen LogP contribution in [0.5, 0.6) is 0 Å². The minimum atomic E-state index is -0.484. The Bertz CT molecular complexity index is 373. The van der Waals surface area contributed by atoms with E-state index in [0.29, 0.717) is 10.1 Å². The second-order valence-electron chi connectivity index (χ2n) is 3.98. The molecule has 116 valence electrons. The van der Waals surface area contributed by atoms with Crippen molar-refractivity contribution in [1.29, 1.82) is 0 Å². The number of allylic oxidation sites excluding steroid dienone is 3. The lowest BCUT2D eigenvalue weighted by molar-refractivity contribution is 0.0959. The van der Waals surface area contributed by atoms with Crippen LogP contribution in [0.4, 0.5) is 4.79 Å². The van der Waals surface area contributed by atoms with Crippen LogP contribution < -0.4 is 5.32 Å². The van der Waals surface area contributed by atoms with E-state index in [1.54, 1.807) is 12.2 Å². The molecule has 1 unspecified atom stereocenters. The number of nitrogens with one attached hydrogen (secondary N) is 1. The zero-order valence-electron chi connectivity index (χ0n) is 12.5. The van der Waals surface area contributed by atoms with Crippen molar-refractivity contribution in [3.05, 3.63) is 23.9 Å². The third-order valence-electron chi connectivity index (χ3n) is 1.95. The molecule has 0 saturated carbocycles. The molecular formula is C14H25NO3S2. The van der Waals surface area contributed by atoms with Gasteiger partial charge in [-0.15, -0.1) is 0 Å². The molecule has 1 heterocycles. The Balaban J connectivity index is 0. The number of ether oxygens (including phenoxy) is 2. The van der Waals surface area contributed by atoms with E-state index in [9.17, 15) is 4.79 Å². The highest BCUT2D eigenvalue weighted by atomic mass is 32.2. The number of carbonyl (C=O) groups is 1. The monoisotopic (exact) mass is 319 g/mol. The van der Waals surface area contributed by atoms with E-state index < -0.39 is 6.09 Å². The maximum absolute atomic E-state index is 11.4. The molecule has 20 heavy (non-hydrogen) atoms. The van der Waals surface area contributed by atoms with Gasteiger partial charge in [-0.1, -0.05) is 44.2 Å². The fourth-order valence-corrected chi connectivity index (χ4v) is 2.19. The van der Waals surface area contributed by atoms with E-state index in [0.717, 1.165) is 5.75 Å². The normalized spacial score (nSPS) is 18.3. The zero-order valence-corrected chi connectivity index (χ0v) is 14.1. The van der Waals surface area contributed by atoms with E-state index in [-0.39, 0.29) is 14.1 Å². The summed E-state index contributed by atoms with van der Waals surface area (Å²) in [5.74, 6) is 0.734. The van der Waals surface area contributed by atoms with Crippen LogP contribution in [-0.2, 0) is 9.47 Å². The number of alkyl carbamates (subject to hydrolysis) is 1. The van der Waals surface area contributed by atoms with E-state index in [2.05, 4.69) is 19.2 Å². The summed E-state index contributed by atoms with van der Waals surface area (Å²) in [6.07, 6.45) is 6.05. The number of hydrogen-bond donors (Lipinski definition) is 1. The summed E-state index contributed by atoms with van der Waals surface area (Å²) in [6, 6.07) is 0. The number of thiocarbonyl (C=S) groups is 1. The van der Waals surface area contributed by atoms with Gasteiger partial charge in [-0.05, 0) is 32.1 Å². The number of rotatable bonds is 4. The lowest BCUT2D eigenvalue weighted by Gasteiger charge is -2.11. The van der Waals surface area contributed by atoms with Gasteiger partial charge in [-0.25, -0.2) is 4.79 Å². The van der Waals surface area contributed by atoms with E-state index in [1.165, 1.54) is 18.2 Å². The van der Waals surface area contributed by atoms with Gasteiger partial charge in [0.05, 0.1) is 0 Å². The first-order valence-electron chi connectivity index (χ1n) is 6.63. The molecule has 0 aliphatic carbocycles. The van der Waals surface area contributed by atoms with Crippen LogP contribution in [-0.4, -0.2) is 28.9 Å². The maximum Gasteiger partial charge on any atom is 0.411 e. The van der Waals surface area contributed by atoms with Gasteiger partial charge in [0.25, 0.3) is 0 Å². The Morgan fingerprint density at radius 3 is 2.70 bits per heavy atom. The summed E-state index contributed by atoms with van der Waals surface area (Å²) in [5, 5.41) is 2.62. The molecule has 0 aromatic rings. The summed E-state index contributed by atoms with van der Waals surface area (Å²) >= 11 is 6.32. The molecule has 1 saturated heterocycles. The van der Waals surface area contributed by atoms with E-state index >= 15 is 0 Å². The first kappa shape index (κ1) is 19.0. The number of amides is 1. The van der Waals surface area contributed by atoms with Crippen LogP contribution in [0.25, 0.3) is 0 Å². The zero-order chi connectivity index (χ0) is 15.4. The molecular weight excluding hydrogens is 294 g/mol. The molecule has 1 N–H and O–H groups in total. The van der Waals surface area contributed by atoms with Crippen LogP contribution in [0.2, 0.25) is 0 Å². The Morgan fingerprint density at radius 1 is 1.60 bits per heavy atom. The smallest absolute Gasteiger partial charge is 0.411 e. The van der Waals surface area contributed by atoms with E-state index in [4.69, 9.17) is 21.7 Å². The summed E-state index contributed by atoms with van der Waals surface area (Å²) < 4.78 is 10.8. The lowest BCUT2D eigenvalue weighted by Crippen LogP contribution is -2.27. The van der Waals surface area contributed by atoms with Crippen molar-refractivity contribution in [1.82, 2.24) is 5.32 Å². The minimum Gasteiger partial charge on any atom is -0.471 e. The van der Waals surface area contributed by atoms with Crippen molar-refractivity contribution in [2.75, 3.05) is 12.4 Å². The quantitative estimate of drug-likeness (QED) is 0.619. The lowest BCUT2D eigenvalue weighted by atomic mass is 10.4. The summed E-state index contributed by atoms with van der Waals surface area (Å²) in [5.41, 5.74) is 0.703. The highest BCUT2D eigenvalue weighted by molar-refractivity contribution is 8.22. The highest BCUT2D eigenvalue weighted by Crippen LogP contribution is 2.19. The Labute approximate surface area is 132 Å². The molecule has 6 heteroatoms. The number of carbonyl (C=O) groups excluding carboxylic acids is 1. The second-order valence-corrected chi connectivity index (χ2v) is 5.60. The van der Waals surface area contributed by atoms with Crippen LogP contribution in [0.3, 0.4) is 0 Å². The topological polar surface area (TPSA) is 47.6 Å². The Hall–Kier alpha value is -1.01. The summed E-state index contributed by atoms with van der Waals surface area (Å²) in [7, 11) is 0. The molecule has 0 radical (unpaired) electrons. The van der Waals surface area contributed by atoms with Crippen molar-refractivity contribution in [3.8, 4) is 0 Å². The third-order valence-corrected chi connectivity index (χ3v) is 3.27.